The van der Waals surface area contributed by atoms with Crippen molar-refractivity contribution in [1.82, 2.24) is 4.90 Å². The Balaban J connectivity index is 4.22. The van der Waals surface area contributed by atoms with Gasteiger partial charge in [-0.25, -0.2) is 0 Å². The number of hydrogen-bond donors (Lipinski definition) is 1. The summed E-state index contributed by atoms with van der Waals surface area (Å²) in [5, 5.41) is 9.62. The monoisotopic (exact) mass is 201 g/mol. The summed E-state index contributed by atoms with van der Waals surface area (Å²) in [7, 11) is 1.74. The van der Waals surface area contributed by atoms with Crippen LogP contribution in [0.3, 0.4) is 0 Å². The highest BCUT2D eigenvalue weighted by molar-refractivity contribution is 5.81. The van der Waals surface area contributed by atoms with Crippen LogP contribution in [0, 0.1) is 11.3 Å². The fourth-order valence-corrected chi connectivity index (χ4v) is 1.15. The topological polar surface area (TPSA) is 40.5 Å². The molecule has 0 aromatic carbocycles. The van der Waals surface area contributed by atoms with Crippen LogP contribution in [-0.4, -0.2) is 35.6 Å². The molecule has 3 heteroatoms. The predicted molar refractivity (Wildman–Crippen MR) is 57.9 cm³/mol. The van der Waals surface area contributed by atoms with Crippen molar-refractivity contribution in [1.29, 1.82) is 0 Å². The van der Waals surface area contributed by atoms with Gasteiger partial charge in [0.2, 0.25) is 5.91 Å². The molecule has 0 spiro atoms. The Morgan fingerprint density at radius 1 is 1.36 bits per heavy atom. The molecule has 0 fully saturated rings. The second-order valence-corrected chi connectivity index (χ2v) is 5.25. The minimum atomic E-state index is -0.439. The van der Waals surface area contributed by atoms with E-state index in [0.29, 0.717) is 6.54 Å². The van der Waals surface area contributed by atoms with Gasteiger partial charge in [-0.15, -0.1) is 0 Å². The number of carbonyl (C=O) groups excluding carboxylic acids is 1. The van der Waals surface area contributed by atoms with Crippen molar-refractivity contribution in [2.75, 3.05) is 13.6 Å². The van der Waals surface area contributed by atoms with Gasteiger partial charge in [-0.2, -0.15) is 0 Å². The fraction of sp³-hybridized carbons (Fsp3) is 0.909. The maximum atomic E-state index is 11.7. The average Bonchev–Trinajstić information content (AvgIpc) is 2.00. The third kappa shape index (κ3) is 4.09. The summed E-state index contributed by atoms with van der Waals surface area (Å²) in [4.78, 5) is 13.3. The Morgan fingerprint density at radius 3 is 2.07 bits per heavy atom. The van der Waals surface area contributed by atoms with Gasteiger partial charge in [0.15, 0.2) is 0 Å². The summed E-state index contributed by atoms with van der Waals surface area (Å²) in [6, 6.07) is 0. The lowest BCUT2D eigenvalue weighted by Crippen LogP contribution is -2.42. The van der Waals surface area contributed by atoms with Gasteiger partial charge in [-0.3, -0.25) is 4.79 Å². The Kier molecular flexibility index (Phi) is 4.59. The largest absolute Gasteiger partial charge is 0.391 e. The highest BCUT2D eigenvalue weighted by atomic mass is 16.3. The van der Waals surface area contributed by atoms with Gasteiger partial charge < -0.3 is 10.0 Å². The fourth-order valence-electron chi connectivity index (χ4n) is 1.15. The lowest BCUT2D eigenvalue weighted by molar-refractivity contribution is -0.139. The van der Waals surface area contributed by atoms with E-state index in [1.54, 1.807) is 11.9 Å². The van der Waals surface area contributed by atoms with Gasteiger partial charge in [0.05, 0.1) is 6.10 Å². The van der Waals surface area contributed by atoms with Gasteiger partial charge in [0, 0.05) is 19.0 Å². The maximum Gasteiger partial charge on any atom is 0.227 e. The molecule has 84 valence electrons. The molecule has 0 radical (unpaired) electrons. The van der Waals surface area contributed by atoms with Crippen LogP contribution in [-0.2, 0) is 4.79 Å². The molecule has 0 aliphatic carbocycles. The first-order chi connectivity index (χ1) is 6.16. The number of nitrogens with zero attached hydrogens (tertiary/aromatic N) is 1. The van der Waals surface area contributed by atoms with E-state index < -0.39 is 6.10 Å². The van der Waals surface area contributed by atoms with Crippen molar-refractivity contribution in [2.24, 2.45) is 11.3 Å². The average molecular weight is 201 g/mol. The normalized spacial score (nSPS) is 14.3. The number of hydrogen-bond acceptors (Lipinski definition) is 2. The van der Waals surface area contributed by atoms with E-state index in [0.717, 1.165) is 0 Å². The van der Waals surface area contributed by atoms with Gasteiger partial charge in [-0.1, -0.05) is 34.6 Å². The number of rotatable bonds is 3. The van der Waals surface area contributed by atoms with E-state index in [4.69, 9.17) is 0 Å². The second kappa shape index (κ2) is 4.78. The van der Waals surface area contributed by atoms with Crippen molar-refractivity contribution < 1.29 is 9.90 Å². The van der Waals surface area contributed by atoms with E-state index in [-0.39, 0.29) is 17.2 Å². The van der Waals surface area contributed by atoms with E-state index in [1.807, 2.05) is 34.6 Å². The van der Waals surface area contributed by atoms with E-state index in [1.165, 1.54) is 0 Å². The molecule has 1 N–H and O–H groups in total. The number of aliphatic hydroxyl groups excluding tert-OH is 1. The molecule has 0 aromatic heterocycles. The first-order valence-electron chi connectivity index (χ1n) is 5.10. The van der Waals surface area contributed by atoms with Crippen LogP contribution >= 0.6 is 0 Å². The quantitative estimate of drug-likeness (QED) is 0.752. The molecule has 14 heavy (non-hydrogen) atoms. The van der Waals surface area contributed by atoms with Crippen molar-refractivity contribution in [3.8, 4) is 0 Å². The minimum Gasteiger partial charge on any atom is -0.391 e. The molecule has 0 saturated carbocycles. The van der Waals surface area contributed by atoms with Crippen molar-refractivity contribution >= 4 is 5.91 Å². The van der Waals surface area contributed by atoms with Gasteiger partial charge in [0.25, 0.3) is 0 Å². The molecule has 0 aliphatic heterocycles. The van der Waals surface area contributed by atoms with E-state index in [9.17, 15) is 9.90 Å². The van der Waals surface area contributed by atoms with Crippen molar-refractivity contribution in [3.63, 3.8) is 0 Å². The lowest BCUT2D eigenvalue weighted by Gasteiger charge is -2.28. The Hall–Kier alpha value is -0.570. The zero-order valence-electron chi connectivity index (χ0n) is 10.2. The molecule has 3 nitrogen and oxygen atoms in total. The van der Waals surface area contributed by atoms with Gasteiger partial charge >= 0.3 is 0 Å². The van der Waals surface area contributed by atoms with Gasteiger partial charge in [-0.05, 0) is 5.92 Å². The van der Waals surface area contributed by atoms with Crippen molar-refractivity contribution in [3.05, 3.63) is 0 Å². The van der Waals surface area contributed by atoms with Crippen LogP contribution in [0.5, 0.6) is 0 Å². The van der Waals surface area contributed by atoms with Crippen LogP contribution < -0.4 is 0 Å². The number of amides is 1. The van der Waals surface area contributed by atoms with Gasteiger partial charge in [0.1, 0.15) is 0 Å². The molecule has 0 saturated heterocycles. The Morgan fingerprint density at radius 2 is 1.79 bits per heavy atom. The van der Waals surface area contributed by atoms with Crippen molar-refractivity contribution in [2.45, 2.75) is 40.7 Å². The second-order valence-electron chi connectivity index (χ2n) is 5.25. The summed E-state index contributed by atoms with van der Waals surface area (Å²) >= 11 is 0. The Bertz CT molecular complexity index is 194. The number of carbonyl (C=O) groups is 1. The first kappa shape index (κ1) is 13.4. The molecule has 0 heterocycles. The van der Waals surface area contributed by atoms with Crippen LogP contribution in [0.4, 0.5) is 0 Å². The summed E-state index contributed by atoms with van der Waals surface area (Å²) in [6.45, 7) is 9.95. The highest BCUT2D eigenvalue weighted by Gasteiger charge is 2.26. The molecule has 0 rings (SSSR count). The summed E-state index contributed by atoms with van der Waals surface area (Å²) in [5.41, 5.74) is -0.370. The van der Waals surface area contributed by atoms with Crippen LogP contribution in [0.2, 0.25) is 0 Å². The summed E-state index contributed by atoms with van der Waals surface area (Å²) in [5.74, 6) is 0.252. The molecule has 1 amide bonds. The third-order valence-electron chi connectivity index (χ3n) is 2.22. The molecule has 0 bridgehead atoms. The number of likely N-dealkylation sites (N-methyl/N-ethyl adjacent to an activating group) is 1. The Labute approximate surface area is 87.1 Å². The summed E-state index contributed by atoms with van der Waals surface area (Å²) < 4.78 is 0. The molecule has 0 unspecified atom stereocenters. The first-order valence-corrected chi connectivity index (χ1v) is 5.10. The molecule has 1 atom stereocenters. The predicted octanol–water partition coefficient (Wildman–Crippen LogP) is 1.51. The summed E-state index contributed by atoms with van der Waals surface area (Å²) in [6.07, 6.45) is -0.439. The molecular weight excluding hydrogens is 178 g/mol. The molecule has 0 aliphatic rings. The number of aliphatic hydroxyl groups is 1. The van der Waals surface area contributed by atoms with Crippen LogP contribution in [0.25, 0.3) is 0 Å². The maximum absolute atomic E-state index is 11.7. The van der Waals surface area contributed by atoms with Crippen LogP contribution in [0.1, 0.15) is 34.6 Å². The SMILES string of the molecule is CC(C)[C@@H](O)CN(C)C(=O)C(C)(C)C. The molecule has 0 aromatic rings. The third-order valence-corrected chi connectivity index (χ3v) is 2.22. The van der Waals surface area contributed by atoms with Crippen LogP contribution in [0.15, 0.2) is 0 Å². The zero-order chi connectivity index (χ0) is 11.5. The zero-order valence-corrected chi connectivity index (χ0v) is 10.2. The highest BCUT2D eigenvalue weighted by Crippen LogP contribution is 2.17. The standard InChI is InChI=1S/C11H23NO2/c1-8(2)9(13)7-12(6)10(14)11(3,4)5/h8-9,13H,7H2,1-6H3/t9-/m0/s1. The van der Waals surface area contributed by atoms with E-state index >= 15 is 0 Å². The smallest absolute Gasteiger partial charge is 0.227 e. The molecular formula is C11H23NO2. The minimum absolute atomic E-state index is 0.0669. The lowest BCUT2D eigenvalue weighted by atomic mass is 9.94. The van der Waals surface area contributed by atoms with E-state index in [2.05, 4.69) is 0 Å².